The Labute approximate surface area is 107 Å². The second-order valence-corrected chi connectivity index (χ2v) is 3.26. The number of allylic oxidation sites excluding steroid dienone is 9. The smallest absolute Gasteiger partial charge is 0.178 e. The highest BCUT2D eigenvalue weighted by Gasteiger charge is 1.84. The van der Waals surface area contributed by atoms with Crippen LogP contribution in [0.3, 0.4) is 0 Å². The summed E-state index contributed by atoms with van der Waals surface area (Å²) in [7, 11) is 0. The second-order valence-electron chi connectivity index (χ2n) is 3.26. The monoisotopic (exact) mass is 241 g/mol. The summed E-state index contributed by atoms with van der Waals surface area (Å²) in [4.78, 5) is 15.3. The van der Waals surface area contributed by atoms with Gasteiger partial charge in [-0.15, -0.1) is 0 Å². The number of hydrogen-bond acceptors (Lipinski definition) is 3. The van der Waals surface area contributed by atoms with Crippen LogP contribution in [0.1, 0.15) is 6.42 Å². The molecule has 3 nitrogen and oxygen atoms in total. The van der Waals surface area contributed by atoms with E-state index in [9.17, 15) is 4.79 Å². The maximum atomic E-state index is 11.3. The number of hydrogen-bond donors (Lipinski definition) is 0. The van der Waals surface area contributed by atoms with Crippen molar-refractivity contribution < 1.29 is 9.53 Å². The molecule has 0 aromatic carbocycles. The molecule has 0 atom stereocenters. The normalized spacial score (nSPS) is 29.2. The van der Waals surface area contributed by atoms with Gasteiger partial charge >= 0.3 is 0 Å². The van der Waals surface area contributed by atoms with Gasteiger partial charge in [-0.3, -0.25) is 9.79 Å². The summed E-state index contributed by atoms with van der Waals surface area (Å²) in [6.07, 6.45) is 22.4. The first-order valence-electron chi connectivity index (χ1n) is 5.59. The highest BCUT2D eigenvalue weighted by Crippen LogP contribution is 1.90. The molecular formula is C15H15NO2. The van der Waals surface area contributed by atoms with E-state index in [1.807, 2.05) is 12.2 Å². The largest absolute Gasteiger partial charge is 0.473 e. The maximum Gasteiger partial charge on any atom is 0.178 e. The summed E-state index contributed by atoms with van der Waals surface area (Å²) in [6.45, 7) is 0. The van der Waals surface area contributed by atoms with Crippen molar-refractivity contribution in [3.63, 3.8) is 0 Å². The van der Waals surface area contributed by atoms with E-state index in [1.54, 1.807) is 42.8 Å². The molecule has 0 aliphatic carbocycles. The van der Waals surface area contributed by atoms with Crippen molar-refractivity contribution in [1.82, 2.24) is 0 Å². The minimum absolute atomic E-state index is 0.0526. The fraction of sp³-hybridized carbons (Fsp3) is 0.0667. The van der Waals surface area contributed by atoms with Crippen LogP contribution in [0.15, 0.2) is 78.4 Å². The van der Waals surface area contributed by atoms with E-state index in [4.69, 9.17) is 4.74 Å². The molecule has 0 spiro atoms. The molecule has 92 valence electrons. The Kier molecular flexibility index (Phi) is 7.41. The first-order valence-corrected chi connectivity index (χ1v) is 5.59. The molecule has 0 fully saturated rings. The van der Waals surface area contributed by atoms with Gasteiger partial charge in [0.1, 0.15) is 0 Å². The van der Waals surface area contributed by atoms with E-state index < -0.39 is 0 Å². The summed E-state index contributed by atoms with van der Waals surface area (Å²) in [5.74, 6) is -0.0526. The van der Waals surface area contributed by atoms with Crippen LogP contribution in [0, 0.1) is 0 Å². The molecule has 0 saturated heterocycles. The highest BCUT2D eigenvalue weighted by molar-refractivity contribution is 5.99. The second kappa shape index (κ2) is 9.78. The lowest BCUT2D eigenvalue weighted by Crippen LogP contribution is -1.83. The van der Waals surface area contributed by atoms with Gasteiger partial charge in [0, 0.05) is 12.4 Å². The molecule has 0 bridgehead atoms. The first-order chi connectivity index (χ1) is 8.89. The quantitative estimate of drug-likeness (QED) is 0.653. The van der Waals surface area contributed by atoms with Gasteiger partial charge in [0.25, 0.3) is 0 Å². The van der Waals surface area contributed by atoms with Crippen molar-refractivity contribution in [2.75, 3.05) is 0 Å². The van der Waals surface area contributed by atoms with Crippen LogP contribution < -0.4 is 0 Å². The van der Waals surface area contributed by atoms with Gasteiger partial charge in [0.15, 0.2) is 5.78 Å². The molecule has 0 radical (unpaired) electrons. The molecule has 0 saturated carbocycles. The molecule has 0 amide bonds. The Morgan fingerprint density at radius 3 is 2.67 bits per heavy atom. The molecule has 0 N–H and O–H groups in total. The van der Waals surface area contributed by atoms with E-state index in [-0.39, 0.29) is 5.78 Å². The van der Waals surface area contributed by atoms with Crippen LogP contribution >= 0.6 is 0 Å². The van der Waals surface area contributed by atoms with Crippen molar-refractivity contribution >= 4 is 12.0 Å². The van der Waals surface area contributed by atoms with Crippen LogP contribution in [0.5, 0.6) is 0 Å². The zero-order valence-corrected chi connectivity index (χ0v) is 9.98. The minimum Gasteiger partial charge on any atom is -0.473 e. The topological polar surface area (TPSA) is 38.7 Å². The third-order valence-corrected chi connectivity index (χ3v) is 1.83. The number of nitrogens with zero attached hydrogens (tertiary/aromatic N) is 1. The van der Waals surface area contributed by atoms with Gasteiger partial charge in [-0.05, 0) is 42.9 Å². The molecule has 0 unspecified atom stereocenters. The molecule has 18 heavy (non-hydrogen) atoms. The number of carbonyl (C=O) groups is 1. The summed E-state index contributed by atoms with van der Waals surface area (Å²) in [5.41, 5.74) is 0. The van der Waals surface area contributed by atoms with Crippen LogP contribution in [0.2, 0.25) is 0 Å². The lowest BCUT2D eigenvalue weighted by molar-refractivity contribution is -0.110. The molecule has 1 rings (SSSR count). The van der Waals surface area contributed by atoms with Crippen LogP contribution in [-0.2, 0) is 9.53 Å². The third-order valence-electron chi connectivity index (χ3n) is 1.83. The van der Waals surface area contributed by atoms with Gasteiger partial charge in [0.2, 0.25) is 0 Å². The number of aliphatic imine (C=N–C) groups is 1. The minimum atomic E-state index is -0.0526. The lowest BCUT2D eigenvalue weighted by atomic mass is 10.3. The Hall–Kier alpha value is -2.42. The van der Waals surface area contributed by atoms with Crippen LogP contribution in [0.4, 0.5) is 0 Å². The average Bonchev–Trinajstić information content (AvgIpc) is 2.37. The van der Waals surface area contributed by atoms with Gasteiger partial charge < -0.3 is 4.74 Å². The number of rotatable bonds is 0. The summed E-state index contributed by atoms with van der Waals surface area (Å²) in [5, 5.41) is 0. The van der Waals surface area contributed by atoms with Gasteiger partial charge in [-0.1, -0.05) is 18.2 Å². The van der Waals surface area contributed by atoms with Crippen molar-refractivity contribution in [3.05, 3.63) is 73.4 Å². The fourth-order valence-corrected chi connectivity index (χ4v) is 1.03. The number of ether oxygens (including phenoxy) is 1. The van der Waals surface area contributed by atoms with Crippen LogP contribution in [-0.4, -0.2) is 12.0 Å². The summed E-state index contributed by atoms with van der Waals surface area (Å²) >= 11 is 0. The number of carbonyl (C=O) groups excluding carboxylic acids is 1. The van der Waals surface area contributed by atoms with E-state index >= 15 is 0 Å². The molecule has 0 aromatic heterocycles. The molecule has 1 heterocycles. The highest BCUT2D eigenvalue weighted by atomic mass is 16.5. The predicted octanol–water partition coefficient (Wildman–Crippen LogP) is 3.26. The molecule has 1 aliphatic rings. The Balaban J connectivity index is 2.65. The van der Waals surface area contributed by atoms with Crippen molar-refractivity contribution in [3.8, 4) is 0 Å². The molecule has 0 aromatic rings. The summed E-state index contributed by atoms with van der Waals surface area (Å²) in [6, 6.07) is 0. The van der Waals surface area contributed by atoms with E-state index in [0.29, 0.717) is 6.42 Å². The Bertz CT molecular complexity index is 449. The SMILES string of the molecule is O=C1/C=C\C=C/O\C=C/C=C\N=C/C=C\C/C=C\1. The fourth-order valence-electron chi connectivity index (χ4n) is 1.03. The average molecular weight is 241 g/mol. The van der Waals surface area contributed by atoms with Crippen molar-refractivity contribution in [2.24, 2.45) is 4.99 Å². The lowest BCUT2D eigenvalue weighted by Gasteiger charge is -1.85. The third kappa shape index (κ3) is 7.82. The molecule has 3 heteroatoms. The van der Waals surface area contributed by atoms with Gasteiger partial charge in [-0.25, -0.2) is 0 Å². The Morgan fingerprint density at radius 1 is 0.944 bits per heavy atom. The van der Waals surface area contributed by atoms with Gasteiger partial charge in [0.05, 0.1) is 12.5 Å². The van der Waals surface area contributed by atoms with Gasteiger partial charge in [-0.2, -0.15) is 0 Å². The van der Waals surface area contributed by atoms with Crippen molar-refractivity contribution in [2.45, 2.75) is 6.42 Å². The zero-order chi connectivity index (χ0) is 12.9. The Morgan fingerprint density at radius 2 is 1.78 bits per heavy atom. The zero-order valence-electron chi connectivity index (χ0n) is 9.98. The summed E-state index contributed by atoms with van der Waals surface area (Å²) < 4.78 is 5.04. The first kappa shape index (κ1) is 13.6. The van der Waals surface area contributed by atoms with Crippen molar-refractivity contribution in [1.29, 1.82) is 0 Å². The standard InChI is InChI=1S/C15H15NO2/c17-15-9-3-1-2-5-11-16-12-6-8-14-18-13-7-4-10-15/h2-14H,1H2/b5-2-,9-3-,10-4-,12-6-,13-7-,14-8-,16-11-. The number of ketones is 1. The maximum absolute atomic E-state index is 11.3. The van der Waals surface area contributed by atoms with Crippen LogP contribution in [0.25, 0.3) is 0 Å². The van der Waals surface area contributed by atoms with E-state index in [1.165, 1.54) is 24.7 Å². The molecular weight excluding hydrogens is 226 g/mol. The van der Waals surface area contributed by atoms with E-state index in [0.717, 1.165) is 0 Å². The van der Waals surface area contributed by atoms with E-state index in [2.05, 4.69) is 4.99 Å². The molecule has 1 aliphatic heterocycles. The predicted molar refractivity (Wildman–Crippen MR) is 74.0 cm³/mol.